The quantitative estimate of drug-likeness (QED) is 0.836. The smallest absolute Gasteiger partial charge is 0.306 e. The van der Waals surface area contributed by atoms with Crippen LogP contribution in [-0.2, 0) is 4.79 Å². The fourth-order valence-electron chi connectivity index (χ4n) is 2.16. The summed E-state index contributed by atoms with van der Waals surface area (Å²) in [5, 5.41) is 20.8. The molecular weight excluding hydrogens is 232 g/mol. The molecule has 0 amide bonds. The lowest BCUT2D eigenvalue weighted by atomic mass is 9.86. The molecule has 0 saturated heterocycles. The van der Waals surface area contributed by atoms with Gasteiger partial charge >= 0.3 is 5.97 Å². The second kappa shape index (κ2) is 5.45. The van der Waals surface area contributed by atoms with E-state index in [2.05, 4.69) is 15.3 Å². The van der Waals surface area contributed by atoms with Crippen molar-refractivity contribution >= 4 is 11.9 Å². The number of aromatic nitrogens is 2. The Labute approximate surface area is 105 Å². The number of carbonyl (C=O) groups is 1. The Hall–Kier alpha value is -2.16. The summed E-state index contributed by atoms with van der Waals surface area (Å²) in [5.41, 5.74) is 0.326. The number of carboxylic acids is 1. The summed E-state index contributed by atoms with van der Waals surface area (Å²) in [7, 11) is 0. The van der Waals surface area contributed by atoms with E-state index in [0.717, 1.165) is 12.8 Å². The number of rotatable bonds is 3. The van der Waals surface area contributed by atoms with E-state index in [4.69, 9.17) is 10.4 Å². The van der Waals surface area contributed by atoms with Crippen molar-refractivity contribution < 1.29 is 9.90 Å². The van der Waals surface area contributed by atoms with Crippen molar-refractivity contribution in [1.29, 1.82) is 5.26 Å². The van der Waals surface area contributed by atoms with E-state index in [1.807, 2.05) is 6.07 Å². The fourth-order valence-corrected chi connectivity index (χ4v) is 2.16. The van der Waals surface area contributed by atoms with Crippen molar-refractivity contribution in [2.75, 3.05) is 5.32 Å². The summed E-state index contributed by atoms with van der Waals surface area (Å²) in [4.78, 5) is 18.9. The highest BCUT2D eigenvalue weighted by Crippen LogP contribution is 2.25. The molecule has 1 aromatic rings. The van der Waals surface area contributed by atoms with Crippen molar-refractivity contribution in [2.24, 2.45) is 5.92 Å². The number of hydrogen-bond acceptors (Lipinski definition) is 5. The van der Waals surface area contributed by atoms with Gasteiger partial charge in [-0.2, -0.15) is 5.26 Å². The largest absolute Gasteiger partial charge is 0.481 e. The Morgan fingerprint density at radius 3 is 2.78 bits per heavy atom. The average Bonchev–Trinajstić information content (AvgIpc) is 2.39. The van der Waals surface area contributed by atoms with Gasteiger partial charge in [-0.25, -0.2) is 9.97 Å². The van der Waals surface area contributed by atoms with Crippen LogP contribution in [0.25, 0.3) is 0 Å². The molecule has 1 aliphatic rings. The highest BCUT2D eigenvalue weighted by Gasteiger charge is 2.26. The third kappa shape index (κ3) is 2.94. The van der Waals surface area contributed by atoms with Crippen LogP contribution >= 0.6 is 0 Å². The predicted octanol–water partition coefficient (Wildman–Crippen LogP) is 1.40. The zero-order valence-electron chi connectivity index (χ0n) is 9.83. The third-order valence-electron chi connectivity index (χ3n) is 3.18. The van der Waals surface area contributed by atoms with Crippen molar-refractivity contribution in [1.82, 2.24) is 9.97 Å². The summed E-state index contributed by atoms with van der Waals surface area (Å²) in [6, 6.07) is 3.70. The van der Waals surface area contributed by atoms with Gasteiger partial charge < -0.3 is 10.4 Å². The van der Waals surface area contributed by atoms with E-state index in [-0.39, 0.29) is 12.0 Å². The van der Waals surface area contributed by atoms with Crippen molar-refractivity contribution in [3.05, 3.63) is 18.0 Å². The summed E-state index contributed by atoms with van der Waals surface area (Å²) >= 11 is 0. The first kappa shape index (κ1) is 12.3. The second-order valence-electron chi connectivity index (χ2n) is 4.41. The molecule has 2 rings (SSSR count). The van der Waals surface area contributed by atoms with E-state index in [1.54, 1.807) is 6.07 Å². The molecule has 0 atom stereocenters. The van der Waals surface area contributed by atoms with Gasteiger partial charge in [0.2, 0.25) is 5.95 Å². The number of anilines is 1. The van der Waals surface area contributed by atoms with Gasteiger partial charge in [-0.1, -0.05) is 0 Å². The number of carboxylic acid groups (broad SMARTS) is 1. The fraction of sp³-hybridized carbons (Fsp3) is 0.500. The van der Waals surface area contributed by atoms with Gasteiger partial charge in [0.1, 0.15) is 11.8 Å². The first-order valence-corrected chi connectivity index (χ1v) is 5.91. The molecule has 6 nitrogen and oxygen atoms in total. The molecule has 1 aromatic heterocycles. The predicted molar refractivity (Wildman–Crippen MR) is 63.8 cm³/mol. The number of nitrogens with zero attached hydrogens (tertiary/aromatic N) is 3. The van der Waals surface area contributed by atoms with Gasteiger partial charge in [0.25, 0.3) is 0 Å². The van der Waals surface area contributed by atoms with Crippen molar-refractivity contribution in [2.45, 2.75) is 31.7 Å². The van der Waals surface area contributed by atoms with Crippen LogP contribution in [0.2, 0.25) is 0 Å². The summed E-state index contributed by atoms with van der Waals surface area (Å²) in [6.07, 6.45) is 4.46. The summed E-state index contributed by atoms with van der Waals surface area (Å²) in [5.74, 6) is -0.501. The van der Waals surface area contributed by atoms with E-state index < -0.39 is 5.97 Å². The maximum Gasteiger partial charge on any atom is 0.306 e. The molecule has 94 valence electrons. The van der Waals surface area contributed by atoms with Crippen molar-refractivity contribution in [3.63, 3.8) is 0 Å². The van der Waals surface area contributed by atoms with Crippen LogP contribution in [0, 0.1) is 17.2 Å². The van der Waals surface area contributed by atoms with Crippen LogP contribution in [0.4, 0.5) is 5.95 Å². The summed E-state index contributed by atoms with van der Waals surface area (Å²) < 4.78 is 0. The molecule has 1 fully saturated rings. The SMILES string of the molecule is N#Cc1ccnc(NC2CCC(C(=O)O)CC2)n1. The maximum atomic E-state index is 10.8. The van der Waals surface area contributed by atoms with Crippen molar-refractivity contribution in [3.8, 4) is 6.07 Å². The van der Waals surface area contributed by atoms with Gasteiger partial charge in [-0.15, -0.1) is 0 Å². The molecule has 1 saturated carbocycles. The molecule has 0 unspecified atom stereocenters. The Balaban J connectivity index is 1.91. The lowest BCUT2D eigenvalue weighted by molar-refractivity contribution is -0.142. The van der Waals surface area contributed by atoms with Crippen LogP contribution < -0.4 is 5.32 Å². The Kier molecular flexibility index (Phi) is 3.72. The number of nitrogens with one attached hydrogen (secondary N) is 1. The molecule has 0 bridgehead atoms. The standard InChI is InChI=1S/C12H14N4O2/c13-7-10-5-6-14-12(16-10)15-9-3-1-8(2-4-9)11(17)18/h5-6,8-9H,1-4H2,(H,17,18)(H,14,15,16). The minimum Gasteiger partial charge on any atom is -0.481 e. The van der Waals surface area contributed by atoms with Gasteiger partial charge in [0.05, 0.1) is 5.92 Å². The van der Waals surface area contributed by atoms with E-state index in [9.17, 15) is 4.79 Å². The minimum atomic E-state index is -0.712. The normalized spacial score (nSPS) is 23.1. The van der Waals surface area contributed by atoms with Crippen LogP contribution in [-0.4, -0.2) is 27.1 Å². The van der Waals surface area contributed by atoms with E-state index in [1.165, 1.54) is 6.20 Å². The van der Waals surface area contributed by atoms with E-state index in [0.29, 0.717) is 24.5 Å². The molecule has 0 radical (unpaired) electrons. The van der Waals surface area contributed by atoms with Crippen LogP contribution in [0.15, 0.2) is 12.3 Å². The first-order valence-electron chi connectivity index (χ1n) is 5.91. The van der Waals surface area contributed by atoms with Gasteiger partial charge in [-0.3, -0.25) is 4.79 Å². The molecular formula is C12H14N4O2. The lowest BCUT2D eigenvalue weighted by Gasteiger charge is -2.26. The molecule has 2 N–H and O–H groups in total. The Morgan fingerprint density at radius 1 is 1.44 bits per heavy atom. The zero-order valence-corrected chi connectivity index (χ0v) is 9.83. The molecule has 0 aliphatic heterocycles. The minimum absolute atomic E-state index is 0.189. The molecule has 1 heterocycles. The number of aliphatic carboxylic acids is 1. The Morgan fingerprint density at radius 2 is 2.17 bits per heavy atom. The number of nitriles is 1. The third-order valence-corrected chi connectivity index (χ3v) is 3.18. The lowest BCUT2D eigenvalue weighted by Crippen LogP contribution is -2.29. The average molecular weight is 246 g/mol. The zero-order chi connectivity index (χ0) is 13.0. The molecule has 18 heavy (non-hydrogen) atoms. The van der Waals surface area contributed by atoms with Gasteiger partial charge in [-0.05, 0) is 31.7 Å². The highest BCUT2D eigenvalue weighted by molar-refractivity contribution is 5.70. The monoisotopic (exact) mass is 246 g/mol. The maximum absolute atomic E-state index is 10.8. The molecule has 1 aliphatic carbocycles. The van der Waals surface area contributed by atoms with Crippen LogP contribution in [0.5, 0.6) is 0 Å². The molecule has 0 spiro atoms. The molecule has 0 aromatic carbocycles. The van der Waals surface area contributed by atoms with Gasteiger partial charge in [0.15, 0.2) is 0 Å². The summed E-state index contributed by atoms with van der Waals surface area (Å²) in [6.45, 7) is 0. The highest BCUT2D eigenvalue weighted by atomic mass is 16.4. The number of hydrogen-bond donors (Lipinski definition) is 2. The van der Waals surface area contributed by atoms with E-state index >= 15 is 0 Å². The first-order chi connectivity index (χ1) is 8.69. The van der Waals surface area contributed by atoms with Crippen LogP contribution in [0.3, 0.4) is 0 Å². The molecule has 6 heteroatoms. The van der Waals surface area contributed by atoms with Crippen LogP contribution in [0.1, 0.15) is 31.4 Å². The van der Waals surface area contributed by atoms with Gasteiger partial charge in [0, 0.05) is 12.2 Å². The topological polar surface area (TPSA) is 98.9 Å². The Bertz CT molecular complexity index is 475. The second-order valence-corrected chi connectivity index (χ2v) is 4.41.